The maximum absolute atomic E-state index is 12.7. The lowest BCUT2D eigenvalue weighted by Gasteiger charge is -2.45. The van der Waals surface area contributed by atoms with E-state index in [4.69, 9.17) is 0 Å². The summed E-state index contributed by atoms with van der Waals surface area (Å²) in [7, 11) is 0. The van der Waals surface area contributed by atoms with Crippen molar-refractivity contribution in [3.05, 3.63) is 0 Å². The summed E-state index contributed by atoms with van der Waals surface area (Å²) >= 11 is 0. The molecule has 0 aromatic rings. The number of hydrogen-bond donors (Lipinski definition) is 2. The standard InChI is InChI=1S/C16H26N2O3/c19-14(20)16(9-3-4-10-16)17-15(21)18-11-5-7-12-6-1-2-8-13(12)18/h12-13H,1-11H2,(H,17,21)(H,19,20). The third kappa shape index (κ3) is 2.74. The minimum Gasteiger partial charge on any atom is -0.480 e. The molecule has 0 aromatic heterocycles. The number of rotatable bonds is 2. The molecule has 2 unspecified atom stereocenters. The number of aliphatic carboxylic acids is 1. The first-order chi connectivity index (χ1) is 10.1. The predicted molar refractivity (Wildman–Crippen MR) is 79.1 cm³/mol. The van der Waals surface area contributed by atoms with Gasteiger partial charge in [0.15, 0.2) is 0 Å². The van der Waals surface area contributed by atoms with E-state index in [0.29, 0.717) is 24.8 Å². The summed E-state index contributed by atoms with van der Waals surface area (Å²) < 4.78 is 0. The summed E-state index contributed by atoms with van der Waals surface area (Å²) in [6, 6.07) is 0.190. The van der Waals surface area contributed by atoms with Crippen LogP contribution in [-0.4, -0.2) is 40.1 Å². The van der Waals surface area contributed by atoms with Crippen molar-refractivity contribution in [1.82, 2.24) is 10.2 Å². The zero-order valence-corrected chi connectivity index (χ0v) is 12.6. The highest BCUT2D eigenvalue weighted by Gasteiger charge is 2.45. The van der Waals surface area contributed by atoms with E-state index in [-0.39, 0.29) is 6.03 Å². The van der Waals surface area contributed by atoms with Crippen molar-refractivity contribution >= 4 is 12.0 Å². The average Bonchev–Trinajstić information content (AvgIpc) is 2.96. The number of carbonyl (C=O) groups is 2. The zero-order valence-electron chi connectivity index (χ0n) is 12.6. The lowest BCUT2D eigenvalue weighted by molar-refractivity contribution is -0.144. The second-order valence-electron chi connectivity index (χ2n) is 6.97. The van der Waals surface area contributed by atoms with Gasteiger partial charge in [-0.15, -0.1) is 0 Å². The minimum atomic E-state index is -1.02. The molecule has 2 aliphatic carbocycles. The van der Waals surface area contributed by atoms with Gasteiger partial charge in [-0.25, -0.2) is 9.59 Å². The first-order valence-electron chi connectivity index (χ1n) is 8.45. The van der Waals surface area contributed by atoms with Gasteiger partial charge in [0, 0.05) is 12.6 Å². The highest BCUT2D eigenvalue weighted by molar-refractivity contribution is 5.86. The molecule has 21 heavy (non-hydrogen) atoms. The van der Waals surface area contributed by atoms with Crippen molar-refractivity contribution in [3.8, 4) is 0 Å². The molecule has 118 valence electrons. The van der Waals surface area contributed by atoms with Gasteiger partial charge in [-0.3, -0.25) is 0 Å². The topological polar surface area (TPSA) is 69.6 Å². The minimum absolute atomic E-state index is 0.143. The number of urea groups is 1. The van der Waals surface area contributed by atoms with Crippen LogP contribution < -0.4 is 5.32 Å². The summed E-state index contributed by atoms with van der Waals surface area (Å²) in [6.45, 7) is 0.780. The third-order valence-corrected chi connectivity index (χ3v) is 5.72. The molecule has 3 aliphatic rings. The maximum atomic E-state index is 12.7. The molecule has 2 atom stereocenters. The van der Waals surface area contributed by atoms with E-state index in [9.17, 15) is 14.7 Å². The van der Waals surface area contributed by atoms with Crippen molar-refractivity contribution in [1.29, 1.82) is 0 Å². The highest BCUT2D eigenvalue weighted by atomic mass is 16.4. The molecule has 0 bridgehead atoms. The Morgan fingerprint density at radius 3 is 2.38 bits per heavy atom. The molecular weight excluding hydrogens is 268 g/mol. The summed E-state index contributed by atoms with van der Waals surface area (Å²) in [6.07, 6.45) is 9.94. The molecule has 1 aliphatic heterocycles. The van der Waals surface area contributed by atoms with E-state index >= 15 is 0 Å². The van der Waals surface area contributed by atoms with Crippen molar-refractivity contribution < 1.29 is 14.7 Å². The van der Waals surface area contributed by atoms with Gasteiger partial charge in [-0.2, -0.15) is 0 Å². The van der Waals surface area contributed by atoms with Crippen LogP contribution in [0.3, 0.4) is 0 Å². The van der Waals surface area contributed by atoms with Crippen molar-refractivity contribution in [3.63, 3.8) is 0 Å². The van der Waals surface area contributed by atoms with Crippen LogP contribution in [0.15, 0.2) is 0 Å². The van der Waals surface area contributed by atoms with E-state index in [1.165, 1.54) is 25.7 Å². The Kier molecular flexibility index (Phi) is 4.09. The Hall–Kier alpha value is -1.26. The van der Waals surface area contributed by atoms with Crippen molar-refractivity contribution in [2.24, 2.45) is 5.92 Å². The normalized spacial score (nSPS) is 31.5. The average molecular weight is 294 g/mol. The quantitative estimate of drug-likeness (QED) is 0.822. The number of piperidine rings is 1. The van der Waals surface area contributed by atoms with Crippen molar-refractivity contribution in [2.45, 2.75) is 75.8 Å². The number of carboxylic acids is 1. The maximum Gasteiger partial charge on any atom is 0.329 e. The van der Waals surface area contributed by atoms with E-state index in [2.05, 4.69) is 5.32 Å². The van der Waals surface area contributed by atoms with Gasteiger partial charge in [-0.05, 0) is 44.4 Å². The number of likely N-dealkylation sites (tertiary alicyclic amines) is 1. The van der Waals surface area contributed by atoms with Crippen LogP contribution in [-0.2, 0) is 4.79 Å². The zero-order chi connectivity index (χ0) is 14.9. The van der Waals surface area contributed by atoms with Gasteiger partial charge in [0.2, 0.25) is 0 Å². The van der Waals surface area contributed by atoms with Crippen LogP contribution in [0, 0.1) is 5.92 Å². The largest absolute Gasteiger partial charge is 0.480 e. The summed E-state index contributed by atoms with van der Waals surface area (Å²) in [5, 5.41) is 12.4. The molecule has 5 heteroatoms. The van der Waals surface area contributed by atoms with Crippen LogP contribution in [0.2, 0.25) is 0 Å². The first-order valence-corrected chi connectivity index (χ1v) is 8.45. The second-order valence-corrected chi connectivity index (χ2v) is 6.97. The molecule has 1 saturated heterocycles. The van der Waals surface area contributed by atoms with Gasteiger partial charge in [0.25, 0.3) is 0 Å². The number of hydrogen-bond acceptors (Lipinski definition) is 2. The van der Waals surface area contributed by atoms with E-state index < -0.39 is 11.5 Å². The molecule has 5 nitrogen and oxygen atoms in total. The van der Waals surface area contributed by atoms with Gasteiger partial charge in [0.05, 0.1) is 0 Å². The molecule has 0 radical (unpaired) electrons. The molecule has 2 amide bonds. The van der Waals surface area contributed by atoms with Crippen LogP contribution in [0.4, 0.5) is 4.79 Å². The van der Waals surface area contributed by atoms with Gasteiger partial charge in [0.1, 0.15) is 5.54 Å². The van der Waals surface area contributed by atoms with Gasteiger partial charge < -0.3 is 15.3 Å². The third-order valence-electron chi connectivity index (χ3n) is 5.72. The van der Waals surface area contributed by atoms with Gasteiger partial charge in [-0.1, -0.05) is 25.7 Å². The fourth-order valence-electron chi connectivity index (χ4n) is 4.52. The predicted octanol–water partition coefficient (Wildman–Crippen LogP) is 2.75. The van der Waals surface area contributed by atoms with Crippen LogP contribution in [0.5, 0.6) is 0 Å². The van der Waals surface area contributed by atoms with Crippen LogP contribution in [0.25, 0.3) is 0 Å². The van der Waals surface area contributed by atoms with Gasteiger partial charge >= 0.3 is 12.0 Å². The summed E-state index contributed by atoms with van der Waals surface area (Å²) in [4.78, 5) is 26.2. The molecule has 0 aromatic carbocycles. The monoisotopic (exact) mass is 294 g/mol. The fourth-order valence-corrected chi connectivity index (χ4v) is 4.52. The van der Waals surface area contributed by atoms with Crippen molar-refractivity contribution in [2.75, 3.05) is 6.54 Å². The number of carbonyl (C=O) groups excluding carboxylic acids is 1. The molecule has 2 N–H and O–H groups in total. The Bertz CT molecular complexity index is 416. The second kappa shape index (κ2) is 5.85. The van der Waals surface area contributed by atoms with E-state index in [0.717, 1.165) is 32.2 Å². The number of carboxylic acid groups (broad SMARTS) is 1. The lowest BCUT2D eigenvalue weighted by Crippen LogP contribution is -2.60. The first kappa shape index (κ1) is 14.7. The molecule has 2 saturated carbocycles. The van der Waals surface area contributed by atoms with Crippen LogP contribution >= 0.6 is 0 Å². The number of amides is 2. The molecule has 3 rings (SSSR count). The smallest absolute Gasteiger partial charge is 0.329 e. The lowest BCUT2D eigenvalue weighted by atomic mass is 9.78. The highest BCUT2D eigenvalue weighted by Crippen LogP contribution is 2.36. The molecule has 1 heterocycles. The Labute approximate surface area is 126 Å². The molecule has 0 spiro atoms. The Morgan fingerprint density at radius 2 is 1.67 bits per heavy atom. The summed E-state index contributed by atoms with van der Waals surface area (Å²) in [5.74, 6) is -0.242. The molecular formula is C16H26N2O3. The Balaban J connectivity index is 1.70. The SMILES string of the molecule is O=C(NC1(C(=O)O)CCCC1)N1CCCC2CCCCC21. The van der Waals surface area contributed by atoms with E-state index in [1.807, 2.05) is 4.90 Å². The summed E-state index contributed by atoms with van der Waals surface area (Å²) in [5.41, 5.74) is -1.02. The number of nitrogens with one attached hydrogen (secondary N) is 1. The van der Waals surface area contributed by atoms with E-state index in [1.54, 1.807) is 0 Å². The number of fused-ring (bicyclic) bond motifs is 1. The fraction of sp³-hybridized carbons (Fsp3) is 0.875. The Morgan fingerprint density at radius 1 is 1.00 bits per heavy atom. The van der Waals surface area contributed by atoms with Crippen LogP contribution in [0.1, 0.15) is 64.2 Å². The number of nitrogens with zero attached hydrogens (tertiary/aromatic N) is 1. The molecule has 3 fully saturated rings.